The Hall–Kier alpha value is -1.60. The molecule has 0 aromatic heterocycles. The fraction of sp³-hybridized carbons (Fsp3) is 0.611. The minimum atomic E-state index is -2.91. The molecular weight excluding hydrogens is 340 g/mol. The van der Waals surface area contributed by atoms with Crippen LogP contribution in [0, 0.1) is 0 Å². The number of para-hydroxylation sites is 2. The van der Waals surface area contributed by atoms with Crippen LogP contribution < -0.4 is 10.1 Å². The summed E-state index contributed by atoms with van der Waals surface area (Å²) in [5, 5.41) is 2.89. The molecule has 1 aromatic rings. The highest BCUT2D eigenvalue weighted by Crippen LogP contribution is 2.25. The van der Waals surface area contributed by atoms with E-state index in [1.165, 1.54) is 0 Å². The lowest BCUT2D eigenvalue weighted by Gasteiger charge is -2.26. The second-order valence-corrected chi connectivity index (χ2v) is 8.88. The molecule has 1 saturated heterocycles. The van der Waals surface area contributed by atoms with Gasteiger partial charge in [-0.25, -0.2) is 8.42 Å². The Labute approximate surface area is 150 Å². The van der Waals surface area contributed by atoms with Gasteiger partial charge in [-0.3, -0.25) is 9.69 Å². The van der Waals surface area contributed by atoms with E-state index in [2.05, 4.69) is 10.2 Å². The van der Waals surface area contributed by atoms with Crippen molar-refractivity contribution >= 4 is 21.4 Å². The first-order chi connectivity index (χ1) is 11.8. The zero-order valence-electron chi connectivity index (χ0n) is 15.2. The van der Waals surface area contributed by atoms with Crippen molar-refractivity contribution in [3.8, 4) is 5.75 Å². The minimum absolute atomic E-state index is 0.0259. The number of hydrogen-bond donors (Lipinski definition) is 1. The summed E-state index contributed by atoms with van der Waals surface area (Å²) in [4.78, 5) is 14.4. The number of sulfone groups is 1. The van der Waals surface area contributed by atoms with Crippen LogP contribution in [0.25, 0.3) is 0 Å². The number of hydrogen-bond acceptors (Lipinski definition) is 5. The zero-order chi connectivity index (χ0) is 18.4. The lowest BCUT2D eigenvalue weighted by Crippen LogP contribution is -2.38. The van der Waals surface area contributed by atoms with Gasteiger partial charge in [0.15, 0.2) is 9.84 Å². The molecule has 1 amide bonds. The van der Waals surface area contributed by atoms with Crippen LogP contribution in [0.15, 0.2) is 24.3 Å². The van der Waals surface area contributed by atoms with Crippen LogP contribution in [0.2, 0.25) is 0 Å². The summed E-state index contributed by atoms with van der Waals surface area (Å²) in [5.74, 6) is 1.01. The van der Waals surface area contributed by atoms with E-state index < -0.39 is 9.84 Å². The molecule has 1 fully saturated rings. The Morgan fingerprint density at radius 2 is 2.08 bits per heavy atom. The minimum Gasteiger partial charge on any atom is -0.489 e. The fourth-order valence-corrected chi connectivity index (χ4v) is 4.81. The highest BCUT2D eigenvalue weighted by atomic mass is 32.2. The lowest BCUT2D eigenvalue weighted by atomic mass is 10.2. The van der Waals surface area contributed by atoms with Gasteiger partial charge in [-0.1, -0.05) is 19.1 Å². The van der Waals surface area contributed by atoms with Crippen molar-refractivity contribution in [3.05, 3.63) is 24.3 Å². The van der Waals surface area contributed by atoms with Crippen LogP contribution in [-0.2, 0) is 14.6 Å². The van der Waals surface area contributed by atoms with E-state index in [-0.39, 0.29) is 29.6 Å². The Bertz CT molecular complexity index is 688. The first-order valence-corrected chi connectivity index (χ1v) is 10.6. The third kappa shape index (κ3) is 6.01. The molecule has 0 radical (unpaired) electrons. The van der Waals surface area contributed by atoms with Crippen LogP contribution in [-0.4, -0.2) is 56.0 Å². The van der Waals surface area contributed by atoms with Crippen molar-refractivity contribution < 1.29 is 17.9 Å². The smallest absolute Gasteiger partial charge is 0.225 e. The first-order valence-electron chi connectivity index (χ1n) is 8.80. The standard InChI is InChI=1S/C18H28N2O4S/c1-4-20(15-10-12-25(22,23)13-15)11-9-18(21)19-16-7-5-6-8-17(16)24-14(2)3/h5-8,14-15H,4,9-13H2,1-3H3,(H,19,21). The molecule has 1 heterocycles. The summed E-state index contributed by atoms with van der Waals surface area (Å²) < 4.78 is 29.0. The van der Waals surface area contributed by atoms with Gasteiger partial charge in [0.05, 0.1) is 23.3 Å². The van der Waals surface area contributed by atoms with E-state index in [0.717, 1.165) is 6.54 Å². The number of amides is 1. The van der Waals surface area contributed by atoms with Crippen molar-refractivity contribution in [2.24, 2.45) is 0 Å². The number of carbonyl (C=O) groups excluding carboxylic acids is 1. The van der Waals surface area contributed by atoms with Gasteiger partial charge in [-0.05, 0) is 38.9 Å². The number of ether oxygens (including phenoxy) is 1. The molecule has 0 bridgehead atoms. The van der Waals surface area contributed by atoms with E-state index in [1.54, 1.807) is 0 Å². The molecule has 6 nitrogen and oxygen atoms in total. The maximum atomic E-state index is 12.3. The molecule has 25 heavy (non-hydrogen) atoms. The molecule has 1 atom stereocenters. The second-order valence-electron chi connectivity index (χ2n) is 6.65. The molecule has 1 aromatic carbocycles. The summed E-state index contributed by atoms with van der Waals surface area (Å²) in [6, 6.07) is 7.39. The first kappa shape index (κ1) is 19.7. The highest BCUT2D eigenvalue weighted by Gasteiger charge is 2.31. The zero-order valence-corrected chi connectivity index (χ0v) is 16.0. The van der Waals surface area contributed by atoms with Gasteiger partial charge in [0, 0.05) is 19.0 Å². The highest BCUT2D eigenvalue weighted by molar-refractivity contribution is 7.91. The number of nitrogens with one attached hydrogen (secondary N) is 1. The van der Waals surface area contributed by atoms with Gasteiger partial charge in [0.25, 0.3) is 0 Å². The number of anilines is 1. The lowest BCUT2D eigenvalue weighted by molar-refractivity contribution is -0.116. The van der Waals surface area contributed by atoms with Gasteiger partial charge >= 0.3 is 0 Å². The largest absolute Gasteiger partial charge is 0.489 e. The normalized spacial score (nSPS) is 19.3. The van der Waals surface area contributed by atoms with Crippen LogP contribution in [0.1, 0.15) is 33.6 Å². The maximum Gasteiger partial charge on any atom is 0.225 e. The van der Waals surface area contributed by atoms with Crippen LogP contribution in [0.4, 0.5) is 5.69 Å². The Morgan fingerprint density at radius 3 is 2.68 bits per heavy atom. The Balaban J connectivity index is 1.90. The average Bonchev–Trinajstić information content (AvgIpc) is 2.89. The maximum absolute atomic E-state index is 12.3. The quantitative estimate of drug-likeness (QED) is 0.762. The van der Waals surface area contributed by atoms with Gasteiger partial charge in [-0.15, -0.1) is 0 Å². The van der Waals surface area contributed by atoms with E-state index in [4.69, 9.17) is 4.74 Å². The molecule has 1 unspecified atom stereocenters. The molecule has 2 rings (SSSR count). The van der Waals surface area contributed by atoms with Crippen molar-refractivity contribution in [2.45, 2.75) is 45.8 Å². The van der Waals surface area contributed by atoms with E-state index in [9.17, 15) is 13.2 Å². The number of rotatable bonds is 8. The molecular formula is C18H28N2O4S. The Morgan fingerprint density at radius 1 is 1.36 bits per heavy atom. The molecule has 140 valence electrons. The second kappa shape index (κ2) is 8.67. The fourth-order valence-electron chi connectivity index (χ4n) is 3.05. The monoisotopic (exact) mass is 368 g/mol. The predicted molar refractivity (Wildman–Crippen MR) is 99.8 cm³/mol. The molecule has 1 N–H and O–H groups in total. The topological polar surface area (TPSA) is 75.7 Å². The van der Waals surface area contributed by atoms with Crippen molar-refractivity contribution in [2.75, 3.05) is 29.9 Å². The van der Waals surface area contributed by atoms with Crippen molar-refractivity contribution in [1.82, 2.24) is 4.90 Å². The molecule has 1 aliphatic heterocycles. The number of benzene rings is 1. The Kier molecular flexibility index (Phi) is 6.84. The summed E-state index contributed by atoms with van der Waals surface area (Å²) >= 11 is 0. The number of nitrogens with zero attached hydrogens (tertiary/aromatic N) is 1. The summed E-state index contributed by atoms with van der Waals surface area (Å²) in [7, 11) is -2.91. The molecule has 1 aliphatic rings. The van der Waals surface area contributed by atoms with Gasteiger partial charge < -0.3 is 10.1 Å². The van der Waals surface area contributed by atoms with E-state index in [0.29, 0.717) is 30.8 Å². The summed E-state index contributed by atoms with van der Waals surface area (Å²) in [6.45, 7) is 7.16. The molecule has 0 spiro atoms. The van der Waals surface area contributed by atoms with Crippen molar-refractivity contribution in [1.29, 1.82) is 0 Å². The molecule has 0 aliphatic carbocycles. The van der Waals surface area contributed by atoms with Gasteiger partial charge in [0.2, 0.25) is 5.91 Å². The number of carbonyl (C=O) groups is 1. The van der Waals surface area contributed by atoms with Gasteiger partial charge in [-0.2, -0.15) is 0 Å². The van der Waals surface area contributed by atoms with Crippen LogP contribution in [0.5, 0.6) is 5.75 Å². The average molecular weight is 368 g/mol. The summed E-state index contributed by atoms with van der Waals surface area (Å²) in [5.41, 5.74) is 0.660. The SMILES string of the molecule is CCN(CCC(=O)Nc1ccccc1OC(C)C)C1CCS(=O)(=O)C1. The van der Waals surface area contributed by atoms with Crippen LogP contribution in [0.3, 0.4) is 0 Å². The van der Waals surface area contributed by atoms with E-state index in [1.807, 2.05) is 45.0 Å². The molecule has 0 saturated carbocycles. The predicted octanol–water partition coefficient (Wildman–Crippen LogP) is 2.31. The third-order valence-corrected chi connectivity index (χ3v) is 6.03. The third-order valence-electron chi connectivity index (χ3n) is 4.28. The van der Waals surface area contributed by atoms with Crippen molar-refractivity contribution in [3.63, 3.8) is 0 Å². The molecule has 7 heteroatoms. The van der Waals surface area contributed by atoms with E-state index >= 15 is 0 Å². The van der Waals surface area contributed by atoms with Crippen LogP contribution >= 0.6 is 0 Å². The van der Waals surface area contributed by atoms with Gasteiger partial charge in [0.1, 0.15) is 5.75 Å². The summed E-state index contributed by atoms with van der Waals surface area (Å²) in [6.07, 6.45) is 1.00.